The van der Waals surface area contributed by atoms with E-state index in [1.165, 1.54) is 13.4 Å². The first-order valence-electron chi connectivity index (χ1n) is 4.38. The summed E-state index contributed by atoms with van der Waals surface area (Å²) in [5.41, 5.74) is 1.08. The number of rotatable bonds is 3. The Morgan fingerprint density at radius 3 is 2.40 bits per heavy atom. The van der Waals surface area contributed by atoms with Crippen LogP contribution in [-0.2, 0) is 16.0 Å². The maximum absolute atomic E-state index is 10.2. The number of ether oxygens (including phenoxy) is 1. The van der Waals surface area contributed by atoms with E-state index in [0.717, 1.165) is 5.56 Å². The van der Waals surface area contributed by atoms with Crippen LogP contribution >= 0.6 is 0 Å². The van der Waals surface area contributed by atoms with Gasteiger partial charge in [0.05, 0.1) is 7.11 Å². The van der Waals surface area contributed by atoms with Gasteiger partial charge in [0.15, 0.2) is 0 Å². The Balaban J connectivity index is 0.000000423. The molecule has 1 aromatic rings. The third kappa shape index (κ3) is 8.31. The van der Waals surface area contributed by atoms with Crippen molar-refractivity contribution in [3.8, 4) is 6.26 Å². The zero-order chi connectivity index (χ0) is 11.5. The van der Waals surface area contributed by atoms with Crippen LogP contribution in [0.15, 0.2) is 30.3 Å². The lowest BCUT2D eigenvalue weighted by atomic mass is 10.1. The molecule has 0 bridgehead atoms. The number of carboxylic acid groups (broad SMARTS) is 1. The van der Waals surface area contributed by atoms with Gasteiger partial charge in [0, 0.05) is 6.42 Å². The van der Waals surface area contributed by atoms with Gasteiger partial charge >= 0.3 is 5.97 Å². The molecule has 0 saturated carbocycles. The van der Waals surface area contributed by atoms with Gasteiger partial charge in [0.1, 0.15) is 0 Å². The van der Waals surface area contributed by atoms with E-state index in [2.05, 4.69) is 4.74 Å². The fourth-order valence-electron chi connectivity index (χ4n) is 0.896. The molecule has 15 heavy (non-hydrogen) atoms. The predicted octanol–water partition coefficient (Wildman–Crippen LogP) is 1.82. The molecule has 0 aromatic heterocycles. The molecule has 1 rings (SSSR count). The molecule has 1 aromatic carbocycles. The number of nitrogens with zero attached hydrogens (tertiary/aromatic N) is 1. The van der Waals surface area contributed by atoms with Crippen LogP contribution < -0.4 is 0 Å². The van der Waals surface area contributed by atoms with Gasteiger partial charge in [0.25, 0.3) is 6.26 Å². The van der Waals surface area contributed by atoms with Crippen LogP contribution in [0.5, 0.6) is 0 Å². The van der Waals surface area contributed by atoms with Crippen LogP contribution in [0.4, 0.5) is 0 Å². The van der Waals surface area contributed by atoms with E-state index in [4.69, 9.17) is 10.4 Å². The Morgan fingerprint density at radius 2 is 2.00 bits per heavy atom. The van der Waals surface area contributed by atoms with Crippen molar-refractivity contribution in [2.75, 3.05) is 7.11 Å². The van der Waals surface area contributed by atoms with E-state index < -0.39 is 5.97 Å². The molecule has 4 nitrogen and oxygen atoms in total. The van der Waals surface area contributed by atoms with Crippen molar-refractivity contribution >= 4 is 5.97 Å². The number of carboxylic acids is 1. The summed E-state index contributed by atoms with van der Waals surface area (Å²) >= 11 is 0. The average Bonchev–Trinajstić information content (AvgIpc) is 2.28. The highest BCUT2D eigenvalue weighted by Gasteiger charge is 1.96. The number of aliphatic carboxylic acids is 1. The Kier molecular flexibility index (Phi) is 7.42. The normalized spacial score (nSPS) is 8.00. The Morgan fingerprint density at radius 1 is 1.47 bits per heavy atom. The van der Waals surface area contributed by atoms with Crippen molar-refractivity contribution in [2.45, 2.75) is 12.8 Å². The third-order valence-corrected chi connectivity index (χ3v) is 1.56. The van der Waals surface area contributed by atoms with Crippen molar-refractivity contribution in [3.05, 3.63) is 35.9 Å². The van der Waals surface area contributed by atoms with Crippen LogP contribution in [0.25, 0.3) is 0 Å². The minimum atomic E-state index is -0.742. The first-order valence-corrected chi connectivity index (χ1v) is 4.38. The van der Waals surface area contributed by atoms with Gasteiger partial charge in [-0.05, 0) is 12.0 Å². The SMILES string of the molecule is COC#N.O=C(O)CCc1ccccc1. The number of benzene rings is 1. The highest BCUT2D eigenvalue weighted by Crippen LogP contribution is 2.01. The monoisotopic (exact) mass is 207 g/mol. The van der Waals surface area contributed by atoms with E-state index in [1.54, 1.807) is 0 Å². The molecule has 0 radical (unpaired) electrons. The van der Waals surface area contributed by atoms with Crippen molar-refractivity contribution in [2.24, 2.45) is 0 Å². The second-order valence-corrected chi connectivity index (χ2v) is 2.67. The molecule has 0 atom stereocenters. The van der Waals surface area contributed by atoms with Crippen LogP contribution in [0.2, 0.25) is 0 Å². The highest BCUT2D eigenvalue weighted by atomic mass is 16.5. The molecule has 0 spiro atoms. The molecule has 0 aliphatic carbocycles. The number of nitriles is 1. The standard InChI is InChI=1S/C9H10O2.C2H3NO/c10-9(11)7-6-8-4-2-1-3-5-8;1-4-2-3/h1-5H,6-7H2,(H,10,11);1H3. The van der Waals surface area contributed by atoms with Crippen molar-refractivity contribution in [1.29, 1.82) is 5.26 Å². The number of carbonyl (C=O) groups is 1. The van der Waals surface area contributed by atoms with Crippen LogP contribution in [0.1, 0.15) is 12.0 Å². The number of aryl methyl sites for hydroxylation is 1. The fraction of sp³-hybridized carbons (Fsp3) is 0.273. The Hall–Kier alpha value is -2.02. The minimum absolute atomic E-state index is 0.212. The maximum atomic E-state index is 10.2. The van der Waals surface area contributed by atoms with Crippen LogP contribution in [-0.4, -0.2) is 18.2 Å². The number of hydrogen-bond donors (Lipinski definition) is 1. The van der Waals surface area contributed by atoms with Crippen molar-refractivity contribution in [3.63, 3.8) is 0 Å². The summed E-state index contributed by atoms with van der Waals surface area (Å²) in [6.45, 7) is 0. The van der Waals surface area contributed by atoms with Gasteiger partial charge in [-0.3, -0.25) is 4.79 Å². The second kappa shape index (κ2) is 8.57. The lowest BCUT2D eigenvalue weighted by Crippen LogP contribution is -1.96. The molecule has 4 heteroatoms. The topological polar surface area (TPSA) is 70.3 Å². The molecule has 0 aliphatic rings. The Bertz CT molecular complexity index is 316. The van der Waals surface area contributed by atoms with E-state index in [1.807, 2.05) is 30.3 Å². The fourth-order valence-corrected chi connectivity index (χ4v) is 0.896. The van der Waals surface area contributed by atoms with Crippen LogP contribution in [0, 0.1) is 11.5 Å². The summed E-state index contributed by atoms with van der Waals surface area (Å²) in [5.74, 6) is -0.742. The minimum Gasteiger partial charge on any atom is -0.481 e. The zero-order valence-corrected chi connectivity index (χ0v) is 8.51. The van der Waals surface area contributed by atoms with Crippen molar-refractivity contribution in [1.82, 2.24) is 0 Å². The van der Waals surface area contributed by atoms with Gasteiger partial charge in [-0.1, -0.05) is 30.3 Å². The van der Waals surface area contributed by atoms with Gasteiger partial charge in [-0.25, -0.2) is 0 Å². The number of hydrogen-bond acceptors (Lipinski definition) is 3. The number of methoxy groups -OCH3 is 1. The molecule has 0 unspecified atom stereocenters. The first-order chi connectivity index (χ1) is 7.20. The lowest BCUT2D eigenvalue weighted by molar-refractivity contribution is -0.136. The first kappa shape index (κ1) is 13.0. The van der Waals surface area contributed by atoms with Gasteiger partial charge in [-0.15, -0.1) is 0 Å². The van der Waals surface area contributed by atoms with E-state index in [0.29, 0.717) is 6.42 Å². The molecule has 0 saturated heterocycles. The summed E-state index contributed by atoms with van der Waals surface area (Å²) in [6.07, 6.45) is 2.26. The van der Waals surface area contributed by atoms with Gasteiger partial charge < -0.3 is 9.84 Å². The third-order valence-electron chi connectivity index (χ3n) is 1.56. The zero-order valence-electron chi connectivity index (χ0n) is 8.51. The van der Waals surface area contributed by atoms with E-state index in [-0.39, 0.29) is 6.42 Å². The van der Waals surface area contributed by atoms with Gasteiger partial charge in [0.2, 0.25) is 0 Å². The summed E-state index contributed by atoms with van der Waals surface area (Å²) in [6, 6.07) is 9.62. The summed E-state index contributed by atoms with van der Waals surface area (Å²) < 4.78 is 3.85. The largest absolute Gasteiger partial charge is 0.481 e. The quantitative estimate of drug-likeness (QED) is 0.767. The average molecular weight is 207 g/mol. The Labute approximate surface area is 88.7 Å². The smallest absolute Gasteiger partial charge is 0.303 e. The molecular formula is C11H13NO3. The molecule has 80 valence electrons. The molecule has 0 heterocycles. The summed E-state index contributed by atoms with van der Waals surface area (Å²) in [5, 5.41) is 15.8. The summed E-state index contributed by atoms with van der Waals surface area (Å²) in [7, 11) is 1.32. The van der Waals surface area contributed by atoms with Gasteiger partial charge in [-0.2, -0.15) is 5.26 Å². The summed E-state index contributed by atoms with van der Waals surface area (Å²) in [4.78, 5) is 10.2. The van der Waals surface area contributed by atoms with E-state index >= 15 is 0 Å². The molecule has 0 aliphatic heterocycles. The van der Waals surface area contributed by atoms with Crippen molar-refractivity contribution < 1.29 is 14.6 Å². The molecule has 0 fully saturated rings. The lowest BCUT2D eigenvalue weighted by Gasteiger charge is -1.95. The second-order valence-electron chi connectivity index (χ2n) is 2.67. The molecule has 1 N–H and O–H groups in total. The highest BCUT2D eigenvalue weighted by molar-refractivity contribution is 5.67. The maximum Gasteiger partial charge on any atom is 0.303 e. The van der Waals surface area contributed by atoms with E-state index in [9.17, 15) is 4.79 Å². The van der Waals surface area contributed by atoms with Crippen LogP contribution in [0.3, 0.4) is 0 Å². The molecular weight excluding hydrogens is 194 g/mol. The predicted molar refractivity (Wildman–Crippen MR) is 55.0 cm³/mol. The molecule has 0 amide bonds.